The summed E-state index contributed by atoms with van der Waals surface area (Å²) in [5, 5.41) is 5.34. The molecule has 0 bridgehead atoms. The van der Waals surface area contributed by atoms with Crippen molar-refractivity contribution in [3.8, 4) is 0 Å². The third-order valence-corrected chi connectivity index (χ3v) is 6.23. The average molecular weight is 511 g/mol. The van der Waals surface area contributed by atoms with Gasteiger partial charge in [-0.25, -0.2) is 9.59 Å². The van der Waals surface area contributed by atoms with E-state index in [0.717, 1.165) is 5.56 Å². The lowest BCUT2D eigenvalue weighted by atomic mass is 10.1. The fourth-order valence-corrected chi connectivity index (χ4v) is 4.22. The average Bonchev–Trinajstić information content (AvgIpc) is 3.30. The standard InChI is InChI=1S/C24H23N5O6S/c1-14-4-10-17(11-5-14)29-21(31)18(28(24(29)36)13-19-23(33)35-26-27(19)2)12-20(30)25-16-8-6-15(7-9-16)22(32)34-3/h4-11,18H,12-13H2,1-3H3,(H-,25,26,30,32,33)/p+1. The molecule has 3 aromatic rings. The van der Waals surface area contributed by atoms with Crippen molar-refractivity contribution < 1.29 is 28.3 Å². The summed E-state index contributed by atoms with van der Waals surface area (Å²) in [7, 11) is 2.88. The predicted molar refractivity (Wildman–Crippen MR) is 132 cm³/mol. The first-order valence-corrected chi connectivity index (χ1v) is 11.4. The number of hydrogen-bond donors (Lipinski definition) is 2. The molecule has 1 aliphatic rings. The Kier molecular flexibility index (Phi) is 6.97. The van der Waals surface area contributed by atoms with Crippen LogP contribution in [0.15, 0.2) is 57.8 Å². The SMILES string of the molecule is COC(=O)c1ccc(NC(=O)CC2C(=O)N(c3ccc(C)cc3)C(=S)N2Cc2c(=O)o[nH][n+]2C)cc1. The lowest BCUT2D eigenvalue weighted by molar-refractivity contribution is -0.746. The monoisotopic (exact) mass is 510 g/mol. The van der Waals surface area contributed by atoms with Gasteiger partial charge in [0.1, 0.15) is 12.6 Å². The molecule has 0 saturated carbocycles. The Morgan fingerprint density at radius 2 is 1.81 bits per heavy atom. The van der Waals surface area contributed by atoms with Gasteiger partial charge >= 0.3 is 17.3 Å². The molecule has 2 amide bonds. The quantitative estimate of drug-likeness (QED) is 0.277. The summed E-state index contributed by atoms with van der Waals surface area (Å²) < 4.78 is 10.9. The van der Waals surface area contributed by atoms with E-state index in [0.29, 0.717) is 16.9 Å². The number of nitrogens with one attached hydrogen (secondary N) is 2. The minimum absolute atomic E-state index is 0.0406. The number of esters is 1. The maximum absolute atomic E-state index is 13.5. The summed E-state index contributed by atoms with van der Waals surface area (Å²) in [6.07, 6.45) is -0.223. The Morgan fingerprint density at radius 3 is 2.39 bits per heavy atom. The normalized spacial score (nSPS) is 15.4. The number of aromatic nitrogens is 2. The van der Waals surface area contributed by atoms with Crippen molar-refractivity contribution in [1.82, 2.24) is 10.2 Å². The second kappa shape index (κ2) is 10.1. The van der Waals surface area contributed by atoms with Crippen LogP contribution in [0.4, 0.5) is 11.4 Å². The van der Waals surface area contributed by atoms with Crippen LogP contribution >= 0.6 is 12.2 Å². The number of carbonyl (C=O) groups is 3. The van der Waals surface area contributed by atoms with Crippen LogP contribution in [-0.2, 0) is 27.9 Å². The van der Waals surface area contributed by atoms with Crippen LogP contribution < -0.4 is 20.5 Å². The van der Waals surface area contributed by atoms with Gasteiger partial charge in [-0.3, -0.25) is 19.0 Å². The summed E-state index contributed by atoms with van der Waals surface area (Å²) in [5.74, 6) is -1.32. The third kappa shape index (κ3) is 4.89. The maximum atomic E-state index is 13.5. The molecular formula is C24H24N5O6S+. The number of aryl methyl sites for hydroxylation is 2. The fourth-order valence-electron chi connectivity index (χ4n) is 3.83. The summed E-state index contributed by atoms with van der Waals surface area (Å²) in [4.78, 5) is 53.1. The van der Waals surface area contributed by atoms with Gasteiger partial charge < -0.3 is 15.0 Å². The van der Waals surface area contributed by atoms with E-state index < -0.39 is 23.5 Å². The molecule has 4 rings (SSSR count). The lowest BCUT2D eigenvalue weighted by Gasteiger charge is -2.21. The van der Waals surface area contributed by atoms with Gasteiger partial charge in [0.05, 0.1) is 24.8 Å². The van der Waals surface area contributed by atoms with Crippen LogP contribution in [0.5, 0.6) is 0 Å². The van der Waals surface area contributed by atoms with E-state index in [4.69, 9.17) is 16.7 Å². The highest BCUT2D eigenvalue weighted by Gasteiger charge is 2.45. The molecule has 1 saturated heterocycles. The Labute approximate surface area is 211 Å². The molecule has 1 unspecified atom stereocenters. The number of hydrogen-bond acceptors (Lipinski definition) is 7. The topological polar surface area (TPSA) is 129 Å². The lowest BCUT2D eigenvalue weighted by Crippen LogP contribution is -2.44. The minimum atomic E-state index is -0.956. The van der Waals surface area contributed by atoms with E-state index in [1.165, 1.54) is 33.7 Å². The largest absolute Gasteiger partial charge is 0.465 e. The Bertz CT molecular complexity index is 1380. The molecule has 11 nitrogen and oxygen atoms in total. The molecule has 0 spiro atoms. The summed E-state index contributed by atoms with van der Waals surface area (Å²) >= 11 is 5.63. The number of rotatable bonds is 7. The van der Waals surface area contributed by atoms with Gasteiger partial charge in [0.15, 0.2) is 12.2 Å². The number of amides is 2. The van der Waals surface area contributed by atoms with Crippen LogP contribution in [0.1, 0.15) is 28.0 Å². The van der Waals surface area contributed by atoms with Crippen molar-refractivity contribution in [3.63, 3.8) is 0 Å². The van der Waals surface area contributed by atoms with E-state index in [2.05, 4.69) is 15.3 Å². The number of carbonyl (C=O) groups excluding carboxylic acids is 3. The number of ether oxygens (including phenoxy) is 1. The zero-order valence-corrected chi connectivity index (χ0v) is 20.6. The minimum Gasteiger partial charge on any atom is -0.465 e. The van der Waals surface area contributed by atoms with Crippen LogP contribution in [0.2, 0.25) is 0 Å². The van der Waals surface area contributed by atoms with Crippen molar-refractivity contribution in [2.45, 2.75) is 25.9 Å². The zero-order chi connectivity index (χ0) is 26.0. The molecule has 186 valence electrons. The van der Waals surface area contributed by atoms with Gasteiger partial charge in [-0.05, 0) is 60.8 Å². The van der Waals surface area contributed by atoms with Crippen molar-refractivity contribution in [3.05, 3.63) is 75.8 Å². The number of methoxy groups -OCH3 is 1. The Hall–Kier alpha value is -4.32. The third-order valence-electron chi connectivity index (χ3n) is 5.82. The first kappa shape index (κ1) is 24.8. The number of thiocarbonyl (C=S) groups is 1. The number of benzene rings is 2. The van der Waals surface area contributed by atoms with E-state index in [1.807, 2.05) is 19.1 Å². The summed E-state index contributed by atoms with van der Waals surface area (Å²) in [6.45, 7) is 1.89. The van der Waals surface area contributed by atoms with E-state index in [9.17, 15) is 19.2 Å². The number of nitrogens with zero attached hydrogens (tertiary/aromatic N) is 3. The molecule has 0 aliphatic carbocycles. The van der Waals surface area contributed by atoms with Crippen molar-refractivity contribution in [1.29, 1.82) is 0 Å². The second-order valence-electron chi connectivity index (χ2n) is 8.24. The van der Waals surface area contributed by atoms with Gasteiger partial charge in [0.25, 0.3) is 5.91 Å². The molecular weight excluding hydrogens is 486 g/mol. The molecule has 1 atom stereocenters. The van der Waals surface area contributed by atoms with Crippen LogP contribution in [0.25, 0.3) is 0 Å². The Balaban J connectivity index is 1.58. The second-order valence-corrected chi connectivity index (χ2v) is 8.61. The van der Waals surface area contributed by atoms with Gasteiger partial charge in [-0.15, -0.1) is 0 Å². The van der Waals surface area contributed by atoms with Gasteiger partial charge in [0.2, 0.25) is 5.91 Å². The first-order chi connectivity index (χ1) is 17.2. The van der Waals surface area contributed by atoms with Crippen molar-refractivity contribution in [2.75, 3.05) is 17.3 Å². The zero-order valence-electron chi connectivity index (χ0n) is 19.8. The molecule has 1 aromatic heterocycles. The van der Waals surface area contributed by atoms with Gasteiger partial charge in [-0.1, -0.05) is 22.4 Å². The molecule has 2 aromatic carbocycles. The number of H-pyrrole nitrogens is 1. The first-order valence-electron chi connectivity index (χ1n) is 11.0. The van der Waals surface area contributed by atoms with Crippen LogP contribution in [0, 0.1) is 6.92 Å². The number of aromatic amines is 1. The molecule has 12 heteroatoms. The maximum Gasteiger partial charge on any atom is 0.431 e. The van der Waals surface area contributed by atoms with Crippen molar-refractivity contribution in [2.24, 2.45) is 7.05 Å². The predicted octanol–water partition coefficient (Wildman–Crippen LogP) is 1.42. The van der Waals surface area contributed by atoms with E-state index in [1.54, 1.807) is 31.3 Å². The summed E-state index contributed by atoms with van der Waals surface area (Å²) in [6, 6.07) is 12.5. The van der Waals surface area contributed by atoms with E-state index >= 15 is 0 Å². The molecule has 1 fully saturated rings. The molecule has 0 radical (unpaired) electrons. The van der Waals surface area contributed by atoms with Crippen molar-refractivity contribution >= 4 is 46.5 Å². The highest BCUT2D eigenvalue weighted by atomic mass is 32.1. The fraction of sp³-hybridized carbons (Fsp3) is 0.250. The molecule has 36 heavy (non-hydrogen) atoms. The molecule has 2 heterocycles. The van der Waals surface area contributed by atoms with E-state index in [-0.39, 0.29) is 29.7 Å². The van der Waals surface area contributed by atoms with Gasteiger partial charge in [-0.2, -0.15) is 0 Å². The number of anilines is 2. The summed E-state index contributed by atoms with van der Waals surface area (Å²) in [5.41, 5.74) is 1.99. The Morgan fingerprint density at radius 1 is 1.14 bits per heavy atom. The molecule has 1 aliphatic heterocycles. The van der Waals surface area contributed by atoms with Gasteiger partial charge in [0, 0.05) is 5.69 Å². The molecule has 2 N–H and O–H groups in total. The highest BCUT2D eigenvalue weighted by Crippen LogP contribution is 2.28. The van der Waals surface area contributed by atoms with Crippen LogP contribution in [0.3, 0.4) is 0 Å². The highest BCUT2D eigenvalue weighted by molar-refractivity contribution is 7.80. The van der Waals surface area contributed by atoms with Crippen LogP contribution in [-0.4, -0.2) is 46.2 Å². The smallest absolute Gasteiger partial charge is 0.431 e.